The van der Waals surface area contributed by atoms with Gasteiger partial charge in [-0.05, 0) is 22.0 Å². The largest absolute Gasteiger partial charge is 0.461 e. The molecule has 3 rings (SSSR count). The molecule has 3 heterocycles. The van der Waals surface area contributed by atoms with Crippen molar-refractivity contribution in [3.63, 3.8) is 0 Å². The van der Waals surface area contributed by atoms with Crippen LogP contribution in [0.4, 0.5) is 5.95 Å². The van der Waals surface area contributed by atoms with E-state index in [4.69, 9.17) is 10.2 Å². The summed E-state index contributed by atoms with van der Waals surface area (Å²) in [5.41, 5.74) is 7.42. The first kappa shape index (κ1) is 9.34. The number of hydrogen-bond donors (Lipinski definition) is 2. The maximum atomic E-state index is 5.61. The number of nitrogens with one attached hydrogen (secondary N) is 1. The molecule has 7 heteroatoms. The molecule has 0 fully saturated rings. The third kappa shape index (κ3) is 1.28. The van der Waals surface area contributed by atoms with Gasteiger partial charge in [0.25, 0.3) is 0 Å². The van der Waals surface area contributed by atoms with Gasteiger partial charge < -0.3 is 15.1 Å². The van der Waals surface area contributed by atoms with Crippen molar-refractivity contribution in [2.45, 2.75) is 0 Å². The molecule has 0 atom stereocenters. The number of imidazole rings is 1. The van der Waals surface area contributed by atoms with Gasteiger partial charge in [-0.3, -0.25) is 0 Å². The van der Waals surface area contributed by atoms with Gasteiger partial charge in [0.15, 0.2) is 11.4 Å². The van der Waals surface area contributed by atoms with Crippen molar-refractivity contribution in [1.82, 2.24) is 19.9 Å². The number of nitrogens with zero attached hydrogens (tertiary/aromatic N) is 3. The second-order valence-corrected chi connectivity index (χ2v) is 3.98. The number of rotatable bonds is 1. The van der Waals surface area contributed by atoms with Gasteiger partial charge in [-0.2, -0.15) is 4.98 Å². The number of nitrogens with two attached hydrogens (primary N) is 1. The molecule has 3 aromatic heterocycles. The molecule has 0 spiro atoms. The highest BCUT2D eigenvalue weighted by Gasteiger charge is 2.15. The average Bonchev–Trinajstić information content (AvgIpc) is 2.84. The van der Waals surface area contributed by atoms with Gasteiger partial charge in [0, 0.05) is 0 Å². The summed E-state index contributed by atoms with van der Waals surface area (Å²) < 4.78 is 6.15. The zero-order valence-electron chi connectivity index (χ0n) is 7.94. The van der Waals surface area contributed by atoms with Crippen molar-refractivity contribution in [3.8, 4) is 11.5 Å². The van der Waals surface area contributed by atoms with Crippen molar-refractivity contribution in [2.75, 3.05) is 5.73 Å². The van der Waals surface area contributed by atoms with E-state index < -0.39 is 0 Å². The van der Waals surface area contributed by atoms with Crippen LogP contribution in [0.2, 0.25) is 0 Å². The Hall–Kier alpha value is -1.89. The number of furan rings is 1. The number of halogens is 1. The first-order chi connectivity index (χ1) is 7.75. The van der Waals surface area contributed by atoms with Crippen molar-refractivity contribution in [1.29, 1.82) is 0 Å². The number of aromatic amines is 1. The van der Waals surface area contributed by atoms with Crippen LogP contribution in [0.3, 0.4) is 0 Å². The maximum Gasteiger partial charge on any atom is 0.222 e. The predicted molar refractivity (Wildman–Crippen MR) is 61.5 cm³/mol. The van der Waals surface area contributed by atoms with Crippen molar-refractivity contribution in [2.24, 2.45) is 0 Å². The Kier molecular flexibility index (Phi) is 1.93. The molecule has 0 saturated heterocycles. The maximum absolute atomic E-state index is 5.61. The van der Waals surface area contributed by atoms with Gasteiger partial charge in [0.2, 0.25) is 5.95 Å². The van der Waals surface area contributed by atoms with Crippen LogP contribution >= 0.6 is 15.9 Å². The highest BCUT2D eigenvalue weighted by atomic mass is 79.9. The zero-order valence-corrected chi connectivity index (χ0v) is 9.52. The molecule has 3 N–H and O–H groups in total. The van der Waals surface area contributed by atoms with Gasteiger partial charge in [-0.1, -0.05) is 0 Å². The minimum atomic E-state index is 0.165. The first-order valence-corrected chi connectivity index (χ1v) is 5.25. The molecule has 0 aliphatic heterocycles. The quantitative estimate of drug-likeness (QED) is 0.710. The van der Waals surface area contributed by atoms with E-state index in [1.54, 1.807) is 18.7 Å². The van der Waals surface area contributed by atoms with Gasteiger partial charge in [-0.15, -0.1) is 0 Å². The van der Waals surface area contributed by atoms with Crippen LogP contribution in [0.5, 0.6) is 0 Å². The average molecular weight is 280 g/mol. The fourth-order valence-electron chi connectivity index (χ4n) is 1.48. The highest BCUT2D eigenvalue weighted by molar-refractivity contribution is 9.10. The normalized spacial score (nSPS) is 11.1. The number of anilines is 1. The van der Waals surface area contributed by atoms with Crippen molar-refractivity contribution < 1.29 is 4.42 Å². The summed E-state index contributed by atoms with van der Waals surface area (Å²) in [4.78, 5) is 15.1. The molecule has 0 saturated carbocycles. The van der Waals surface area contributed by atoms with Gasteiger partial charge in [0.05, 0.1) is 17.1 Å². The minimum Gasteiger partial charge on any atom is -0.461 e. The van der Waals surface area contributed by atoms with Crippen molar-refractivity contribution >= 4 is 33.0 Å². The fourth-order valence-corrected chi connectivity index (χ4v) is 1.87. The lowest BCUT2D eigenvalue weighted by molar-refractivity contribution is 0.579. The molecule has 0 aromatic carbocycles. The van der Waals surface area contributed by atoms with Crippen molar-refractivity contribution in [3.05, 3.63) is 23.1 Å². The first-order valence-electron chi connectivity index (χ1n) is 4.45. The summed E-state index contributed by atoms with van der Waals surface area (Å²) in [6.07, 6.45) is 3.11. The lowest BCUT2D eigenvalue weighted by Gasteiger charge is -2.00. The van der Waals surface area contributed by atoms with Crippen LogP contribution in [0.15, 0.2) is 27.5 Å². The zero-order chi connectivity index (χ0) is 11.1. The Morgan fingerprint density at radius 2 is 2.25 bits per heavy atom. The minimum absolute atomic E-state index is 0.165. The molecular formula is C9H6BrN5O. The van der Waals surface area contributed by atoms with Gasteiger partial charge in [-0.25, -0.2) is 9.97 Å². The second-order valence-electron chi connectivity index (χ2n) is 3.13. The van der Waals surface area contributed by atoms with Crippen LogP contribution in [0.25, 0.3) is 22.6 Å². The molecule has 6 nitrogen and oxygen atoms in total. The lowest BCUT2D eigenvalue weighted by atomic mass is 10.3. The Balaban J connectivity index is 2.38. The molecule has 0 unspecified atom stereocenters. The second kappa shape index (κ2) is 3.31. The summed E-state index contributed by atoms with van der Waals surface area (Å²) in [6, 6.07) is 1.79. The van der Waals surface area contributed by atoms with E-state index >= 15 is 0 Å². The monoisotopic (exact) mass is 279 g/mol. The van der Waals surface area contributed by atoms with Crippen LogP contribution in [-0.2, 0) is 0 Å². The van der Waals surface area contributed by atoms with Crippen LogP contribution in [0, 0.1) is 0 Å². The SMILES string of the molecule is Nc1nc(-c2occc2Br)c2[nH]cnc2n1. The molecule has 0 bridgehead atoms. The summed E-state index contributed by atoms with van der Waals surface area (Å²) >= 11 is 3.37. The highest BCUT2D eigenvalue weighted by Crippen LogP contribution is 2.31. The van der Waals surface area contributed by atoms with E-state index in [2.05, 4.69) is 35.9 Å². The number of fused-ring (bicyclic) bond motifs is 1. The van der Waals surface area contributed by atoms with Gasteiger partial charge >= 0.3 is 0 Å². The summed E-state index contributed by atoms with van der Waals surface area (Å²) in [7, 11) is 0. The van der Waals surface area contributed by atoms with E-state index in [9.17, 15) is 0 Å². The molecule has 0 radical (unpaired) electrons. The summed E-state index contributed by atoms with van der Waals surface area (Å²) in [5.74, 6) is 0.765. The van der Waals surface area contributed by atoms with Crippen LogP contribution in [-0.4, -0.2) is 19.9 Å². The number of nitrogen functional groups attached to an aromatic ring is 1. The predicted octanol–water partition coefficient (Wildman–Crippen LogP) is 1.96. The summed E-state index contributed by atoms with van der Waals surface area (Å²) in [5, 5.41) is 0. The van der Waals surface area contributed by atoms with Crippen LogP contribution in [0.1, 0.15) is 0 Å². The Morgan fingerprint density at radius 3 is 3.00 bits per heavy atom. The summed E-state index contributed by atoms with van der Waals surface area (Å²) in [6.45, 7) is 0. The third-order valence-electron chi connectivity index (χ3n) is 2.14. The Morgan fingerprint density at radius 1 is 1.38 bits per heavy atom. The van der Waals surface area contributed by atoms with E-state index in [0.29, 0.717) is 22.6 Å². The van der Waals surface area contributed by atoms with E-state index in [1.807, 2.05) is 0 Å². The standard InChI is InChI=1S/C9H6BrN5O/c10-4-1-2-16-7(4)5-6-8(13-3-12-6)15-9(11)14-5/h1-3H,(H3,11,12,13,14,15). The smallest absolute Gasteiger partial charge is 0.222 e. The molecule has 0 aliphatic rings. The number of hydrogen-bond acceptors (Lipinski definition) is 5. The van der Waals surface area contributed by atoms with E-state index in [1.165, 1.54) is 0 Å². The number of H-pyrrole nitrogens is 1. The molecule has 80 valence electrons. The van der Waals surface area contributed by atoms with E-state index in [0.717, 1.165) is 4.47 Å². The third-order valence-corrected chi connectivity index (χ3v) is 2.76. The topological polar surface area (TPSA) is 93.6 Å². The fraction of sp³-hybridized carbons (Fsp3) is 0. The lowest BCUT2D eigenvalue weighted by Crippen LogP contribution is -1.97. The number of aromatic nitrogens is 4. The Bertz CT molecular complexity index is 659. The Labute approximate surface area is 98.0 Å². The molecule has 0 aliphatic carbocycles. The van der Waals surface area contributed by atoms with Crippen LogP contribution < -0.4 is 5.73 Å². The molecular weight excluding hydrogens is 274 g/mol. The molecule has 3 aromatic rings. The molecule has 16 heavy (non-hydrogen) atoms. The molecule has 0 amide bonds. The van der Waals surface area contributed by atoms with Gasteiger partial charge in [0.1, 0.15) is 11.2 Å². The van der Waals surface area contributed by atoms with E-state index in [-0.39, 0.29) is 5.95 Å².